The highest BCUT2D eigenvalue weighted by atomic mass is 15.0. The lowest BCUT2D eigenvalue weighted by molar-refractivity contribution is 0.485. The van der Waals surface area contributed by atoms with Gasteiger partial charge < -0.3 is 4.57 Å². The lowest BCUT2D eigenvalue weighted by Gasteiger charge is -2.12. The molecule has 0 fully saturated rings. The van der Waals surface area contributed by atoms with E-state index in [9.17, 15) is 0 Å². The molecule has 1 heterocycles. The highest BCUT2D eigenvalue weighted by molar-refractivity contribution is 6.08. The van der Waals surface area contributed by atoms with Crippen molar-refractivity contribution in [2.75, 3.05) is 0 Å². The van der Waals surface area contributed by atoms with Crippen molar-refractivity contribution in [1.29, 1.82) is 0 Å². The Morgan fingerprint density at radius 1 is 1.10 bits per heavy atom. The molecule has 0 aliphatic carbocycles. The summed E-state index contributed by atoms with van der Waals surface area (Å²) in [6, 6.07) is 15.3. The van der Waals surface area contributed by atoms with E-state index in [0.29, 0.717) is 5.92 Å². The summed E-state index contributed by atoms with van der Waals surface area (Å²) in [7, 11) is 0. The van der Waals surface area contributed by atoms with Gasteiger partial charge in [-0.25, -0.2) is 0 Å². The van der Waals surface area contributed by atoms with Crippen molar-refractivity contribution in [3.05, 3.63) is 54.6 Å². The molecule has 0 saturated heterocycles. The van der Waals surface area contributed by atoms with Crippen molar-refractivity contribution >= 4 is 27.9 Å². The summed E-state index contributed by atoms with van der Waals surface area (Å²) in [5, 5.41) is 2.68. The minimum Gasteiger partial charge on any atom is -0.340 e. The van der Waals surface area contributed by atoms with E-state index in [0.717, 1.165) is 6.54 Å². The number of fused-ring (bicyclic) bond motifs is 3. The van der Waals surface area contributed by atoms with E-state index in [4.69, 9.17) is 0 Å². The first-order valence-electron chi connectivity index (χ1n) is 7.38. The molecule has 0 saturated carbocycles. The van der Waals surface area contributed by atoms with Crippen LogP contribution in [-0.4, -0.2) is 4.57 Å². The molecular formula is C19H21N. The third-order valence-electron chi connectivity index (χ3n) is 4.22. The zero-order valence-electron chi connectivity index (χ0n) is 12.3. The lowest BCUT2D eigenvalue weighted by Crippen LogP contribution is -2.06. The first kappa shape index (κ1) is 13.0. The number of para-hydroxylation sites is 1. The molecule has 0 aliphatic rings. The van der Waals surface area contributed by atoms with Crippen LogP contribution in [0.15, 0.2) is 49.0 Å². The number of benzene rings is 2. The van der Waals surface area contributed by atoms with Crippen molar-refractivity contribution in [3.8, 4) is 0 Å². The summed E-state index contributed by atoms with van der Waals surface area (Å²) in [5.74, 6) is 0.688. The third-order valence-corrected chi connectivity index (χ3v) is 4.22. The van der Waals surface area contributed by atoms with Crippen LogP contribution in [0, 0.1) is 5.92 Å². The van der Waals surface area contributed by atoms with E-state index in [2.05, 4.69) is 67.5 Å². The van der Waals surface area contributed by atoms with Gasteiger partial charge in [0.25, 0.3) is 0 Å². The second-order valence-corrected chi connectivity index (χ2v) is 5.62. The van der Waals surface area contributed by atoms with Gasteiger partial charge >= 0.3 is 0 Å². The Kier molecular flexibility index (Phi) is 3.35. The first-order valence-corrected chi connectivity index (χ1v) is 7.38. The number of nitrogens with zero attached hydrogens (tertiary/aromatic N) is 1. The molecule has 20 heavy (non-hydrogen) atoms. The van der Waals surface area contributed by atoms with Crippen LogP contribution in [-0.2, 0) is 6.54 Å². The van der Waals surface area contributed by atoms with E-state index < -0.39 is 0 Å². The lowest BCUT2D eigenvalue weighted by atomic mass is 10.1. The van der Waals surface area contributed by atoms with Crippen LogP contribution in [0.2, 0.25) is 0 Å². The monoisotopic (exact) mass is 263 g/mol. The summed E-state index contributed by atoms with van der Waals surface area (Å²) < 4.78 is 2.46. The van der Waals surface area contributed by atoms with Gasteiger partial charge in [0.05, 0.1) is 0 Å². The quantitative estimate of drug-likeness (QED) is 0.587. The van der Waals surface area contributed by atoms with Crippen LogP contribution in [0.5, 0.6) is 0 Å². The van der Waals surface area contributed by atoms with Crippen molar-refractivity contribution in [3.63, 3.8) is 0 Å². The number of aromatic nitrogens is 1. The molecule has 2 aromatic carbocycles. The normalized spacial score (nSPS) is 12.9. The van der Waals surface area contributed by atoms with Gasteiger partial charge in [-0.15, -0.1) is 0 Å². The largest absolute Gasteiger partial charge is 0.340 e. The standard InChI is InChI=1S/C19H21N/c1-4-14(3)13-20-18-9-7-6-8-16(18)17-12-15(5-2)10-11-19(17)20/h5-12,14H,2,4,13H2,1,3H3/t14-/m0/s1. The van der Waals surface area contributed by atoms with Crippen LogP contribution in [0.1, 0.15) is 25.8 Å². The fraction of sp³-hybridized carbons (Fsp3) is 0.263. The van der Waals surface area contributed by atoms with E-state index in [1.807, 2.05) is 6.08 Å². The maximum atomic E-state index is 3.88. The number of rotatable bonds is 4. The molecule has 102 valence electrons. The van der Waals surface area contributed by atoms with Gasteiger partial charge in [0.1, 0.15) is 0 Å². The second-order valence-electron chi connectivity index (χ2n) is 5.62. The van der Waals surface area contributed by atoms with Gasteiger partial charge in [-0.3, -0.25) is 0 Å². The smallest absolute Gasteiger partial charge is 0.0491 e. The third kappa shape index (κ3) is 2.03. The summed E-state index contributed by atoms with van der Waals surface area (Å²) in [4.78, 5) is 0. The van der Waals surface area contributed by atoms with E-state index in [-0.39, 0.29) is 0 Å². The molecule has 0 amide bonds. The van der Waals surface area contributed by atoms with Crippen LogP contribution in [0.3, 0.4) is 0 Å². The summed E-state index contributed by atoms with van der Waals surface area (Å²) in [6.07, 6.45) is 3.12. The van der Waals surface area contributed by atoms with Crippen LogP contribution >= 0.6 is 0 Å². The van der Waals surface area contributed by atoms with Crippen molar-refractivity contribution in [2.24, 2.45) is 5.92 Å². The summed E-state index contributed by atoms with van der Waals surface area (Å²) in [6.45, 7) is 9.53. The van der Waals surface area contributed by atoms with Crippen LogP contribution < -0.4 is 0 Å². The van der Waals surface area contributed by atoms with Gasteiger partial charge in [0.2, 0.25) is 0 Å². The minimum absolute atomic E-state index is 0.688. The van der Waals surface area contributed by atoms with E-state index in [1.165, 1.54) is 33.8 Å². The molecule has 0 N–H and O–H groups in total. The molecule has 3 aromatic rings. The van der Waals surface area contributed by atoms with Crippen molar-refractivity contribution in [2.45, 2.75) is 26.8 Å². The molecule has 0 aliphatic heterocycles. The summed E-state index contributed by atoms with van der Waals surface area (Å²) in [5.41, 5.74) is 3.85. The molecule has 1 atom stereocenters. The highest BCUT2D eigenvalue weighted by Gasteiger charge is 2.11. The molecular weight excluding hydrogens is 242 g/mol. The zero-order chi connectivity index (χ0) is 14.1. The first-order chi connectivity index (χ1) is 9.74. The fourth-order valence-electron chi connectivity index (χ4n) is 2.84. The topological polar surface area (TPSA) is 4.93 Å². The van der Waals surface area contributed by atoms with Crippen molar-refractivity contribution in [1.82, 2.24) is 4.57 Å². The van der Waals surface area contributed by atoms with Gasteiger partial charge in [-0.2, -0.15) is 0 Å². The molecule has 1 aromatic heterocycles. The van der Waals surface area contributed by atoms with Gasteiger partial charge in [0, 0.05) is 28.4 Å². The Hall–Kier alpha value is -2.02. The molecule has 0 bridgehead atoms. The molecule has 1 nitrogen and oxygen atoms in total. The highest BCUT2D eigenvalue weighted by Crippen LogP contribution is 2.30. The molecule has 0 spiro atoms. The summed E-state index contributed by atoms with van der Waals surface area (Å²) >= 11 is 0. The predicted octanol–water partition coefficient (Wildman–Crippen LogP) is 5.48. The Bertz CT molecular complexity index is 764. The fourth-order valence-corrected chi connectivity index (χ4v) is 2.84. The zero-order valence-corrected chi connectivity index (χ0v) is 12.3. The van der Waals surface area contributed by atoms with Crippen LogP contribution in [0.25, 0.3) is 27.9 Å². The maximum Gasteiger partial charge on any atom is 0.0491 e. The Morgan fingerprint density at radius 2 is 1.85 bits per heavy atom. The maximum absolute atomic E-state index is 3.88. The molecule has 3 rings (SSSR count). The average Bonchev–Trinajstić information content (AvgIpc) is 2.81. The van der Waals surface area contributed by atoms with Gasteiger partial charge in [0.15, 0.2) is 0 Å². The average molecular weight is 263 g/mol. The Morgan fingerprint density at radius 3 is 2.60 bits per heavy atom. The molecule has 0 unspecified atom stereocenters. The Labute approximate surface area is 120 Å². The van der Waals surface area contributed by atoms with Gasteiger partial charge in [-0.1, -0.05) is 57.2 Å². The SMILES string of the molecule is C=Cc1ccc2c(c1)c1ccccc1n2C[C@@H](C)CC. The van der Waals surface area contributed by atoms with E-state index in [1.54, 1.807) is 0 Å². The predicted molar refractivity (Wildman–Crippen MR) is 89.0 cm³/mol. The van der Waals surface area contributed by atoms with Crippen molar-refractivity contribution < 1.29 is 0 Å². The number of hydrogen-bond donors (Lipinski definition) is 0. The van der Waals surface area contributed by atoms with Gasteiger partial charge in [-0.05, 0) is 29.7 Å². The number of hydrogen-bond acceptors (Lipinski definition) is 0. The molecule has 0 radical (unpaired) electrons. The second kappa shape index (κ2) is 5.16. The van der Waals surface area contributed by atoms with E-state index >= 15 is 0 Å². The molecule has 1 heteroatoms. The minimum atomic E-state index is 0.688. The van der Waals surface area contributed by atoms with Crippen LogP contribution in [0.4, 0.5) is 0 Å². The Balaban J connectivity index is 2.32.